The van der Waals surface area contributed by atoms with Crippen LogP contribution in [0.2, 0.25) is 0 Å². The molecule has 2 fully saturated rings. The highest BCUT2D eigenvalue weighted by atomic mass is 32.2. The third-order valence-corrected chi connectivity index (χ3v) is 11.4. The van der Waals surface area contributed by atoms with Gasteiger partial charge in [-0.05, 0) is 45.4 Å². The van der Waals surface area contributed by atoms with Gasteiger partial charge in [0.2, 0.25) is 10.0 Å². The van der Waals surface area contributed by atoms with Gasteiger partial charge in [0.25, 0.3) is 16.0 Å². The molecule has 0 radical (unpaired) electrons. The third-order valence-electron chi connectivity index (χ3n) is 7.23. The predicted molar refractivity (Wildman–Crippen MR) is 114 cm³/mol. The highest BCUT2D eigenvalue weighted by molar-refractivity contribution is 7.90. The lowest BCUT2D eigenvalue weighted by Gasteiger charge is -2.47. The molecule has 2 rings (SSSR count). The van der Waals surface area contributed by atoms with E-state index in [0.29, 0.717) is 25.7 Å². The molecule has 2 saturated carbocycles. The van der Waals surface area contributed by atoms with Gasteiger partial charge in [0.15, 0.2) is 5.25 Å². The number of rotatable bonds is 9. The van der Waals surface area contributed by atoms with Gasteiger partial charge in [-0.3, -0.25) is 4.55 Å². The number of halogens is 2. The van der Waals surface area contributed by atoms with Gasteiger partial charge in [-0.15, -0.1) is 0 Å². The molecule has 0 aromatic carbocycles. The minimum Gasteiger partial charge on any atom is -0.285 e. The first-order valence-electron chi connectivity index (χ1n) is 11.2. The van der Waals surface area contributed by atoms with Gasteiger partial charge in [0.1, 0.15) is 4.75 Å². The summed E-state index contributed by atoms with van der Waals surface area (Å²) in [5.74, 6) is -4.15. The van der Waals surface area contributed by atoms with E-state index in [2.05, 4.69) is 0 Å². The van der Waals surface area contributed by atoms with Crippen molar-refractivity contribution in [2.75, 3.05) is 0 Å². The van der Waals surface area contributed by atoms with Crippen molar-refractivity contribution >= 4 is 20.1 Å². The molecule has 30 heavy (non-hydrogen) atoms. The molecule has 0 amide bonds. The topological polar surface area (TPSA) is 91.8 Å². The van der Waals surface area contributed by atoms with Gasteiger partial charge in [-0.1, -0.05) is 52.4 Å². The summed E-state index contributed by atoms with van der Waals surface area (Å²) in [5, 5.41) is -2.47. The summed E-state index contributed by atoms with van der Waals surface area (Å²) in [7, 11) is -9.71. The largest absolute Gasteiger partial charge is 0.287 e. The fourth-order valence-corrected chi connectivity index (χ4v) is 8.83. The van der Waals surface area contributed by atoms with Gasteiger partial charge in [-0.25, -0.2) is 17.2 Å². The van der Waals surface area contributed by atoms with Crippen LogP contribution in [0.5, 0.6) is 0 Å². The van der Waals surface area contributed by atoms with Crippen molar-refractivity contribution in [1.29, 1.82) is 0 Å². The molecule has 0 saturated heterocycles. The number of sulfonamides is 1. The molecule has 6 nitrogen and oxygen atoms in total. The monoisotopic (exact) mass is 473 g/mol. The predicted octanol–water partition coefficient (Wildman–Crippen LogP) is 4.75. The van der Waals surface area contributed by atoms with Crippen LogP contribution in [0.4, 0.5) is 8.78 Å². The smallest absolute Gasteiger partial charge is 0.285 e. The molecule has 178 valence electrons. The van der Waals surface area contributed by atoms with E-state index in [1.54, 1.807) is 0 Å². The Bertz CT molecular complexity index is 757. The number of hydrogen-bond donors (Lipinski definition) is 1. The molecule has 2 aliphatic carbocycles. The maximum atomic E-state index is 15.7. The summed E-state index contributed by atoms with van der Waals surface area (Å²) in [6.07, 6.45) is 6.91. The lowest BCUT2D eigenvalue weighted by Crippen LogP contribution is -2.65. The highest BCUT2D eigenvalue weighted by Gasteiger charge is 2.66. The third kappa shape index (κ3) is 4.71. The van der Waals surface area contributed by atoms with E-state index >= 15 is 8.78 Å². The van der Waals surface area contributed by atoms with Crippen molar-refractivity contribution in [3.63, 3.8) is 0 Å². The Labute approximate surface area is 180 Å². The van der Waals surface area contributed by atoms with E-state index in [-0.39, 0.29) is 12.1 Å². The Morgan fingerprint density at radius 1 is 0.900 bits per heavy atom. The number of nitrogens with zero attached hydrogens (tertiary/aromatic N) is 1. The zero-order valence-corrected chi connectivity index (χ0v) is 20.0. The molecule has 0 bridgehead atoms. The highest BCUT2D eigenvalue weighted by Crippen LogP contribution is 2.47. The summed E-state index contributed by atoms with van der Waals surface area (Å²) < 4.78 is 90.9. The maximum absolute atomic E-state index is 15.7. The van der Waals surface area contributed by atoms with Gasteiger partial charge >= 0.3 is 0 Å². The van der Waals surface area contributed by atoms with Crippen LogP contribution in [-0.4, -0.2) is 53.7 Å². The van der Waals surface area contributed by atoms with Gasteiger partial charge in [0, 0.05) is 12.1 Å². The second-order valence-corrected chi connectivity index (χ2v) is 12.9. The van der Waals surface area contributed by atoms with Crippen molar-refractivity contribution in [1.82, 2.24) is 4.31 Å². The van der Waals surface area contributed by atoms with E-state index in [0.717, 1.165) is 45.4 Å². The average Bonchev–Trinajstić information content (AvgIpc) is 2.67. The number of alkyl halides is 2. The lowest BCUT2D eigenvalue weighted by molar-refractivity contribution is -0.0477. The van der Waals surface area contributed by atoms with E-state index < -0.39 is 48.9 Å². The van der Waals surface area contributed by atoms with Crippen molar-refractivity contribution < 1.29 is 30.2 Å². The van der Waals surface area contributed by atoms with Gasteiger partial charge in [-0.2, -0.15) is 12.7 Å². The Hall–Kier alpha value is -0.320. The quantitative estimate of drug-likeness (QED) is 0.488. The molecule has 10 heteroatoms. The van der Waals surface area contributed by atoms with Crippen molar-refractivity contribution in [3.8, 4) is 0 Å². The van der Waals surface area contributed by atoms with Crippen LogP contribution in [0.1, 0.15) is 97.8 Å². The molecule has 1 N–H and O–H groups in total. The minimum absolute atomic E-state index is 0.334. The van der Waals surface area contributed by atoms with Crippen LogP contribution < -0.4 is 0 Å². The lowest BCUT2D eigenvalue weighted by atomic mass is 9.91. The second-order valence-electron chi connectivity index (χ2n) is 9.04. The molecule has 0 spiro atoms. The molecular formula is C20H37F2NO5S2. The zero-order chi connectivity index (χ0) is 22.8. The first-order chi connectivity index (χ1) is 13.8. The standard InChI is InChI=1S/C20H37F2NO5S2/c1-4-18(29(24,25)26)20(21,22)19(3,5-2)30(27,28)23(16-12-8-6-9-13-16)17-14-10-7-11-15-17/h16-18H,4-15H2,1-3H3,(H,24,25,26). The van der Waals surface area contributed by atoms with Crippen LogP contribution in [0.25, 0.3) is 0 Å². The Kier molecular flexibility index (Phi) is 8.36. The second kappa shape index (κ2) is 9.67. The van der Waals surface area contributed by atoms with Crippen LogP contribution in [0, 0.1) is 0 Å². The molecular weight excluding hydrogens is 436 g/mol. The molecule has 2 atom stereocenters. The van der Waals surface area contributed by atoms with Crippen LogP contribution in [0.15, 0.2) is 0 Å². The maximum Gasteiger partial charge on any atom is 0.287 e. The zero-order valence-electron chi connectivity index (χ0n) is 18.3. The SMILES string of the molecule is CCC(C(F)(F)C(C)(CC)S(=O)(=O)N(C1CCCCC1)C1CCCCC1)S(=O)(=O)O. The van der Waals surface area contributed by atoms with Crippen LogP contribution in [0.3, 0.4) is 0 Å². The summed E-state index contributed by atoms with van der Waals surface area (Å²) in [6, 6.07) is -0.668. The normalized spacial score (nSPS) is 24.0. The van der Waals surface area contributed by atoms with Crippen LogP contribution in [-0.2, 0) is 20.1 Å². The molecule has 2 aliphatic rings. The minimum atomic E-state index is -5.13. The number of hydrogen-bond acceptors (Lipinski definition) is 4. The fraction of sp³-hybridized carbons (Fsp3) is 1.00. The van der Waals surface area contributed by atoms with Gasteiger partial charge < -0.3 is 0 Å². The summed E-state index contributed by atoms with van der Waals surface area (Å²) in [6.45, 7) is 3.52. The summed E-state index contributed by atoms with van der Waals surface area (Å²) in [4.78, 5) is 0. The van der Waals surface area contributed by atoms with E-state index in [1.165, 1.54) is 18.2 Å². The van der Waals surface area contributed by atoms with Crippen LogP contribution >= 0.6 is 0 Å². The Morgan fingerprint density at radius 2 is 1.30 bits per heavy atom. The first-order valence-corrected chi connectivity index (χ1v) is 14.2. The van der Waals surface area contributed by atoms with Gasteiger partial charge in [0.05, 0.1) is 0 Å². The molecule has 2 unspecified atom stereocenters. The summed E-state index contributed by atoms with van der Waals surface area (Å²) in [5.41, 5.74) is 0. The molecule has 0 aromatic heterocycles. The first kappa shape index (κ1) is 25.9. The van der Waals surface area contributed by atoms with Crippen molar-refractivity contribution in [2.45, 2.75) is 126 Å². The molecule has 0 aromatic rings. The van der Waals surface area contributed by atoms with E-state index in [1.807, 2.05) is 0 Å². The average molecular weight is 474 g/mol. The van der Waals surface area contributed by atoms with Crippen molar-refractivity contribution in [2.24, 2.45) is 0 Å². The van der Waals surface area contributed by atoms with E-state index in [4.69, 9.17) is 0 Å². The molecule has 0 heterocycles. The summed E-state index contributed by atoms with van der Waals surface area (Å²) >= 11 is 0. The Balaban J connectivity index is 2.59. The molecule has 0 aliphatic heterocycles. The van der Waals surface area contributed by atoms with E-state index in [9.17, 15) is 21.4 Å². The Morgan fingerprint density at radius 3 is 1.60 bits per heavy atom. The van der Waals surface area contributed by atoms with Crippen molar-refractivity contribution in [3.05, 3.63) is 0 Å². The fourth-order valence-electron chi connectivity index (χ4n) is 5.18.